The molecular formula is C29H28N2O4. The summed E-state index contributed by atoms with van der Waals surface area (Å²) in [6.45, 7) is 8.60. The molecule has 3 aromatic rings. The van der Waals surface area contributed by atoms with E-state index in [-0.39, 0.29) is 30.8 Å². The van der Waals surface area contributed by atoms with Gasteiger partial charge < -0.3 is 14.8 Å². The fourth-order valence-electron chi connectivity index (χ4n) is 4.32. The zero-order chi connectivity index (χ0) is 24.7. The molecule has 6 heteroatoms. The van der Waals surface area contributed by atoms with Gasteiger partial charge in [-0.2, -0.15) is 0 Å². The van der Waals surface area contributed by atoms with E-state index in [2.05, 4.69) is 19.2 Å². The summed E-state index contributed by atoms with van der Waals surface area (Å²) in [6.07, 6.45) is 0. The molecule has 2 heterocycles. The number of hydrogen-bond acceptors (Lipinski definition) is 5. The van der Waals surface area contributed by atoms with Crippen molar-refractivity contribution >= 4 is 23.1 Å². The van der Waals surface area contributed by atoms with Crippen LogP contribution in [-0.4, -0.2) is 23.5 Å². The van der Waals surface area contributed by atoms with Crippen LogP contribution in [0.15, 0.2) is 66.4 Å². The van der Waals surface area contributed by atoms with Gasteiger partial charge in [0.1, 0.15) is 5.70 Å². The summed E-state index contributed by atoms with van der Waals surface area (Å²) in [5.74, 6) is 1.01. The molecule has 1 N–H and O–H groups in total. The molecule has 0 spiro atoms. The van der Waals surface area contributed by atoms with Crippen molar-refractivity contribution in [1.29, 1.82) is 0 Å². The van der Waals surface area contributed by atoms with Gasteiger partial charge in [-0.05, 0) is 71.8 Å². The van der Waals surface area contributed by atoms with Gasteiger partial charge >= 0.3 is 0 Å². The van der Waals surface area contributed by atoms with E-state index in [0.29, 0.717) is 23.0 Å². The predicted molar refractivity (Wildman–Crippen MR) is 135 cm³/mol. The van der Waals surface area contributed by atoms with E-state index in [0.717, 1.165) is 27.9 Å². The van der Waals surface area contributed by atoms with Crippen LogP contribution in [0.3, 0.4) is 0 Å². The average Bonchev–Trinajstić information content (AvgIpc) is 3.40. The molecule has 0 saturated carbocycles. The summed E-state index contributed by atoms with van der Waals surface area (Å²) < 4.78 is 10.8. The molecule has 3 aromatic carbocycles. The number of imide groups is 1. The van der Waals surface area contributed by atoms with E-state index < -0.39 is 0 Å². The van der Waals surface area contributed by atoms with Crippen molar-refractivity contribution in [3.63, 3.8) is 0 Å². The molecule has 5 rings (SSSR count). The molecule has 35 heavy (non-hydrogen) atoms. The Bertz CT molecular complexity index is 1360. The number of carbonyl (C=O) groups is 2. The first-order chi connectivity index (χ1) is 16.8. The van der Waals surface area contributed by atoms with Gasteiger partial charge in [0.05, 0.1) is 12.1 Å². The summed E-state index contributed by atoms with van der Waals surface area (Å²) in [5.41, 5.74) is 6.34. The molecule has 0 aliphatic carbocycles. The van der Waals surface area contributed by atoms with E-state index in [1.54, 1.807) is 6.07 Å². The maximum atomic E-state index is 13.6. The van der Waals surface area contributed by atoms with Gasteiger partial charge in [0.15, 0.2) is 11.5 Å². The normalized spacial score (nSPS) is 14.9. The minimum atomic E-state index is -0.353. The van der Waals surface area contributed by atoms with Crippen LogP contribution in [0.1, 0.15) is 47.6 Å². The van der Waals surface area contributed by atoms with Crippen LogP contribution in [-0.2, 0) is 16.1 Å². The quantitative estimate of drug-likeness (QED) is 0.481. The van der Waals surface area contributed by atoms with Crippen LogP contribution < -0.4 is 14.8 Å². The van der Waals surface area contributed by atoms with Gasteiger partial charge in [-0.15, -0.1) is 0 Å². The van der Waals surface area contributed by atoms with E-state index >= 15 is 0 Å². The van der Waals surface area contributed by atoms with Crippen molar-refractivity contribution in [3.05, 3.63) is 94.2 Å². The third kappa shape index (κ3) is 4.28. The second-order valence-corrected chi connectivity index (χ2v) is 9.33. The maximum absolute atomic E-state index is 13.6. The number of fused-ring (bicyclic) bond motifs is 1. The summed E-state index contributed by atoms with van der Waals surface area (Å²) in [5, 5.41) is 3.25. The van der Waals surface area contributed by atoms with Gasteiger partial charge in [-0.25, -0.2) is 0 Å². The van der Waals surface area contributed by atoms with Crippen molar-refractivity contribution in [2.75, 3.05) is 12.1 Å². The molecule has 0 bridgehead atoms. The zero-order valence-corrected chi connectivity index (χ0v) is 20.3. The predicted octanol–water partition coefficient (Wildman–Crippen LogP) is 5.55. The molecule has 6 nitrogen and oxygen atoms in total. The fourth-order valence-corrected chi connectivity index (χ4v) is 4.32. The third-order valence-electron chi connectivity index (χ3n) is 6.59. The Labute approximate surface area is 205 Å². The highest BCUT2D eigenvalue weighted by Gasteiger charge is 2.39. The third-order valence-corrected chi connectivity index (χ3v) is 6.59. The van der Waals surface area contributed by atoms with Crippen LogP contribution in [0.2, 0.25) is 0 Å². The Morgan fingerprint density at radius 1 is 0.857 bits per heavy atom. The van der Waals surface area contributed by atoms with Crippen LogP contribution >= 0.6 is 0 Å². The zero-order valence-electron chi connectivity index (χ0n) is 20.3. The molecule has 0 aromatic heterocycles. The summed E-state index contributed by atoms with van der Waals surface area (Å²) in [6, 6.07) is 19.3. The first-order valence-corrected chi connectivity index (χ1v) is 11.8. The van der Waals surface area contributed by atoms with Crippen molar-refractivity contribution in [2.45, 2.75) is 40.2 Å². The highest BCUT2D eigenvalue weighted by molar-refractivity contribution is 6.36. The Morgan fingerprint density at radius 3 is 2.31 bits per heavy atom. The smallest absolute Gasteiger partial charge is 0.278 e. The summed E-state index contributed by atoms with van der Waals surface area (Å²) >= 11 is 0. The molecular weight excluding hydrogens is 440 g/mol. The number of ether oxygens (including phenoxy) is 2. The molecule has 2 aliphatic rings. The highest BCUT2D eigenvalue weighted by Crippen LogP contribution is 2.35. The number of anilines is 1. The Morgan fingerprint density at radius 2 is 1.60 bits per heavy atom. The molecule has 0 radical (unpaired) electrons. The molecule has 0 saturated heterocycles. The molecule has 0 unspecified atom stereocenters. The molecule has 2 aliphatic heterocycles. The largest absolute Gasteiger partial charge is 0.454 e. The van der Waals surface area contributed by atoms with Crippen LogP contribution in [0.25, 0.3) is 5.57 Å². The maximum Gasteiger partial charge on any atom is 0.278 e. The standard InChI is InChI=1S/C29H28N2O4/c1-17(2)21-8-10-23(11-9-21)30-27-26(22-7-5-18(3)19(4)13-22)28(32)31(29(27)33)15-20-6-12-24-25(14-20)35-16-34-24/h5-14,17,30H,15-16H2,1-4H3. The first kappa shape index (κ1) is 22.7. The SMILES string of the molecule is Cc1ccc(C2=C(Nc3ccc(C(C)C)cc3)C(=O)N(Cc3ccc4c(c3)OCO4)C2=O)cc1C. The molecule has 0 atom stereocenters. The van der Waals surface area contributed by atoms with E-state index in [9.17, 15) is 9.59 Å². The second kappa shape index (κ2) is 8.95. The average molecular weight is 469 g/mol. The number of aryl methyl sites for hydroxylation is 2. The van der Waals surface area contributed by atoms with Gasteiger partial charge in [-0.1, -0.05) is 50.2 Å². The minimum absolute atomic E-state index is 0.139. The number of rotatable bonds is 6. The summed E-state index contributed by atoms with van der Waals surface area (Å²) in [7, 11) is 0. The number of hydrogen-bond donors (Lipinski definition) is 1. The van der Waals surface area contributed by atoms with Crippen molar-refractivity contribution < 1.29 is 19.1 Å². The minimum Gasteiger partial charge on any atom is -0.454 e. The fraction of sp³-hybridized carbons (Fsp3) is 0.241. The first-order valence-electron chi connectivity index (χ1n) is 11.8. The number of carbonyl (C=O) groups excluding carboxylic acids is 2. The second-order valence-electron chi connectivity index (χ2n) is 9.33. The van der Waals surface area contributed by atoms with Crippen molar-refractivity contribution in [2.24, 2.45) is 0 Å². The lowest BCUT2D eigenvalue weighted by Crippen LogP contribution is -2.32. The number of amides is 2. The van der Waals surface area contributed by atoms with E-state index in [1.165, 1.54) is 10.5 Å². The van der Waals surface area contributed by atoms with Crippen molar-refractivity contribution in [3.8, 4) is 11.5 Å². The monoisotopic (exact) mass is 468 g/mol. The van der Waals surface area contributed by atoms with Gasteiger partial charge in [0.2, 0.25) is 6.79 Å². The lowest BCUT2D eigenvalue weighted by molar-refractivity contribution is -0.137. The molecule has 178 valence electrons. The van der Waals surface area contributed by atoms with Gasteiger partial charge in [-0.3, -0.25) is 14.5 Å². The Kier molecular flexibility index (Phi) is 5.81. The Hall–Kier alpha value is -4.06. The number of nitrogens with one attached hydrogen (secondary N) is 1. The highest BCUT2D eigenvalue weighted by atomic mass is 16.7. The van der Waals surface area contributed by atoms with Crippen LogP contribution in [0, 0.1) is 13.8 Å². The Balaban J connectivity index is 1.51. The van der Waals surface area contributed by atoms with E-state index in [4.69, 9.17) is 9.47 Å². The molecule has 0 fully saturated rings. The number of benzene rings is 3. The summed E-state index contributed by atoms with van der Waals surface area (Å²) in [4.78, 5) is 28.5. The van der Waals surface area contributed by atoms with Crippen LogP contribution in [0.4, 0.5) is 5.69 Å². The van der Waals surface area contributed by atoms with Crippen LogP contribution in [0.5, 0.6) is 11.5 Å². The lowest BCUT2D eigenvalue weighted by atomic mass is 9.99. The van der Waals surface area contributed by atoms with Crippen molar-refractivity contribution in [1.82, 2.24) is 4.90 Å². The molecule has 2 amide bonds. The number of nitrogens with zero attached hydrogens (tertiary/aromatic N) is 1. The lowest BCUT2D eigenvalue weighted by Gasteiger charge is -2.16. The topological polar surface area (TPSA) is 67.9 Å². The van der Waals surface area contributed by atoms with E-state index in [1.807, 2.05) is 68.4 Å². The van der Waals surface area contributed by atoms with Gasteiger partial charge in [0.25, 0.3) is 11.8 Å². The van der Waals surface area contributed by atoms with Gasteiger partial charge in [0, 0.05) is 5.69 Å².